The molecule has 0 amide bonds. The quantitative estimate of drug-likeness (QED) is 0.485. The number of nitrogens with zero attached hydrogens (tertiary/aromatic N) is 2. The van der Waals surface area contributed by atoms with Gasteiger partial charge in [-0.3, -0.25) is 24.6 Å². The molecule has 6 nitrogen and oxygen atoms in total. The van der Waals surface area contributed by atoms with Crippen molar-refractivity contribution in [3.8, 4) is 0 Å². The first-order valence-electron chi connectivity index (χ1n) is 7.45. The van der Waals surface area contributed by atoms with Gasteiger partial charge in [-0.15, -0.1) is 0 Å². The standard InChI is InChI=1S/C15H18N2O4S/c18-11-7-12(19)9-15(8-11)3-5-16(6-4-15)10-13-1-2-14(22-13)17(20)21/h1-2H,3-10H2. The van der Waals surface area contributed by atoms with E-state index in [-0.39, 0.29) is 33.3 Å². The van der Waals surface area contributed by atoms with Crippen molar-refractivity contribution in [2.75, 3.05) is 13.1 Å². The first kappa shape index (κ1) is 15.3. The van der Waals surface area contributed by atoms with Gasteiger partial charge >= 0.3 is 5.00 Å². The SMILES string of the molecule is O=C1CC(=O)CC2(CCN(Cc3ccc([N+](=O)[O-])s3)CC2)C1. The van der Waals surface area contributed by atoms with Crippen LogP contribution in [0.2, 0.25) is 0 Å². The van der Waals surface area contributed by atoms with E-state index in [0.717, 1.165) is 30.8 Å². The Balaban J connectivity index is 1.58. The number of likely N-dealkylation sites (tertiary alicyclic amines) is 1. The van der Waals surface area contributed by atoms with Gasteiger partial charge in [0.1, 0.15) is 11.6 Å². The molecule has 1 aliphatic carbocycles. The van der Waals surface area contributed by atoms with E-state index in [2.05, 4.69) is 4.90 Å². The maximum absolute atomic E-state index is 11.7. The minimum Gasteiger partial charge on any atom is -0.299 e. The third-order valence-electron chi connectivity index (χ3n) is 4.66. The van der Waals surface area contributed by atoms with Crippen molar-refractivity contribution in [1.29, 1.82) is 0 Å². The monoisotopic (exact) mass is 322 g/mol. The lowest BCUT2D eigenvalue weighted by Crippen LogP contribution is -2.44. The van der Waals surface area contributed by atoms with Crippen LogP contribution in [0.1, 0.15) is 37.0 Å². The van der Waals surface area contributed by atoms with Crippen LogP contribution in [0.4, 0.5) is 5.00 Å². The molecule has 22 heavy (non-hydrogen) atoms. The second kappa shape index (κ2) is 5.89. The lowest BCUT2D eigenvalue weighted by atomic mass is 9.67. The summed E-state index contributed by atoms with van der Waals surface area (Å²) in [6.45, 7) is 2.38. The van der Waals surface area contributed by atoms with Crippen molar-refractivity contribution in [3.05, 3.63) is 27.1 Å². The van der Waals surface area contributed by atoms with E-state index in [1.807, 2.05) is 0 Å². The highest BCUT2D eigenvalue weighted by Crippen LogP contribution is 2.42. The number of carbonyl (C=O) groups is 2. The van der Waals surface area contributed by atoms with Crippen molar-refractivity contribution in [1.82, 2.24) is 4.90 Å². The summed E-state index contributed by atoms with van der Waals surface area (Å²) >= 11 is 1.21. The second-order valence-corrected chi connectivity index (χ2v) is 7.53. The Morgan fingerprint density at radius 2 is 1.82 bits per heavy atom. The van der Waals surface area contributed by atoms with E-state index >= 15 is 0 Å². The molecule has 0 aromatic carbocycles. The normalized spacial score (nSPS) is 22.2. The molecule has 1 aromatic rings. The number of rotatable bonds is 3. The molecule has 1 spiro atoms. The Morgan fingerprint density at radius 3 is 2.36 bits per heavy atom. The summed E-state index contributed by atoms with van der Waals surface area (Å²) in [6.07, 6.45) is 2.91. The molecule has 1 aromatic heterocycles. The summed E-state index contributed by atoms with van der Waals surface area (Å²) in [5.41, 5.74) is -0.121. The number of Topliss-reactive ketones (excluding diaryl/α,β-unsaturated/α-hetero) is 2. The highest BCUT2D eigenvalue weighted by Gasteiger charge is 2.41. The highest BCUT2D eigenvalue weighted by molar-refractivity contribution is 7.15. The van der Waals surface area contributed by atoms with Crippen LogP contribution in [0.5, 0.6) is 0 Å². The van der Waals surface area contributed by atoms with Crippen LogP contribution in [0.25, 0.3) is 0 Å². The van der Waals surface area contributed by atoms with Gasteiger partial charge in [0, 0.05) is 30.3 Å². The molecule has 7 heteroatoms. The number of carbonyl (C=O) groups excluding carboxylic acids is 2. The average Bonchev–Trinajstić information content (AvgIpc) is 2.89. The van der Waals surface area contributed by atoms with Gasteiger partial charge in [-0.1, -0.05) is 11.3 Å². The number of thiophene rings is 1. The fourth-order valence-electron chi connectivity index (χ4n) is 3.55. The van der Waals surface area contributed by atoms with Gasteiger partial charge in [0.2, 0.25) is 0 Å². The van der Waals surface area contributed by atoms with Gasteiger partial charge in [0.05, 0.1) is 11.3 Å². The maximum Gasteiger partial charge on any atom is 0.324 e. The van der Waals surface area contributed by atoms with Crippen LogP contribution in [-0.4, -0.2) is 34.5 Å². The van der Waals surface area contributed by atoms with Crippen LogP contribution in [0, 0.1) is 15.5 Å². The van der Waals surface area contributed by atoms with Gasteiger partial charge in [-0.25, -0.2) is 0 Å². The first-order chi connectivity index (χ1) is 10.5. The number of piperidine rings is 1. The lowest BCUT2D eigenvalue weighted by molar-refractivity contribution is -0.380. The Kier molecular flexibility index (Phi) is 4.10. The molecule has 1 saturated heterocycles. The first-order valence-corrected chi connectivity index (χ1v) is 8.26. The number of hydrogen-bond acceptors (Lipinski definition) is 6. The molecule has 0 atom stereocenters. The van der Waals surface area contributed by atoms with E-state index in [1.54, 1.807) is 12.1 Å². The molecule has 1 saturated carbocycles. The van der Waals surface area contributed by atoms with Crippen molar-refractivity contribution in [3.63, 3.8) is 0 Å². The predicted octanol–water partition coefficient (Wildman–Crippen LogP) is 2.56. The summed E-state index contributed by atoms with van der Waals surface area (Å²) in [5, 5.41) is 10.9. The van der Waals surface area contributed by atoms with Crippen molar-refractivity contribution in [2.45, 2.75) is 38.6 Å². The van der Waals surface area contributed by atoms with Crippen LogP contribution >= 0.6 is 11.3 Å². The molecule has 2 fully saturated rings. The van der Waals surface area contributed by atoms with Crippen LogP contribution in [0.15, 0.2) is 12.1 Å². The van der Waals surface area contributed by atoms with Gasteiger partial charge in [0.15, 0.2) is 0 Å². The highest BCUT2D eigenvalue weighted by atomic mass is 32.1. The van der Waals surface area contributed by atoms with E-state index in [4.69, 9.17) is 0 Å². The zero-order valence-corrected chi connectivity index (χ0v) is 13.1. The third kappa shape index (κ3) is 3.25. The van der Waals surface area contributed by atoms with E-state index in [9.17, 15) is 19.7 Å². The fourth-order valence-corrected chi connectivity index (χ4v) is 4.42. The topological polar surface area (TPSA) is 80.5 Å². The molecule has 1 aliphatic heterocycles. The van der Waals surface area contributed by atoms with Crippen molar-refractivity contribution < 1.29 is 14.5 Å². The number of nitro groups is 1. The molecule has 0 bridgehead atoms. The molecule has 2 aliphatic rings. The molecule has 118 valence electrons. The zero-order chi connectivity index (χ0) is 15.7. The molecule has 0 radical (unpaired) electrons. The summed E-state index contributed by atoms with van der Waals surface area (Å²) in [7, 11) is 0. The van der Waals surface area contributed by atoms with E-state index < -0.39 is 0 Å². The molecular formula is C15H18N2O4S. The number of hydrogen-bond donors (Lipinski definition) is 0. The smallest absolute Gasteiger partial charge is 0.299 e. The zero-order valence-electron chi connectivity index (χ0n) is 12.2. The van der Waals surface area contributed by atoms with Gasteiger partial charge in [-0.2, -0.15) is 0 Å². The van der Waals surface area contributed by atoms with Crippen LogP contribution in [0.3, 0.4) is 0 Å². The maximum atomic E-state index is 11.7. The Bertz CT molecular complexity index is 599. The third-order valence-corrected chi connectivity index (χ3v) is 5.68. The molecule has 0 unspecified atom stereocenters. The summed E-state index contributed by atoms with van der Waals surface area (Å²) in [5.74, 6) is 0.164. The van der Waals surface area contributed by atoms with Gasteiger partial charge < -0.3 is 0 Å². The number of ketones is 2. The van der Waals surface area contributed by atoms with E-state index in [1.165, 1.54) is 11.3 Å². The average molecular weight is 322 g/mol. The Hall–Kier alpha value is -1.60. The molecule has 0 N–H and O–H groups in total. The van der Waals surface area contributed by atoms with Gasteiger partial charge in [-0.05, 0) is 37.4 Å². The minimum absolute atomic E-state index is 0.0820. The van der Waals surface area contributed by atoms with Crippen molar-refractivity contribution >= 4 is 27.9 Å². The van der Waals surface area contributed by atoms with Gasteiger partial charge in [0.25, 0.3) is 0 Å². The molecule has 3 rings (SSSR count). The van der Waals surface area contributed by atoms with Crippen LogP contribution < -0.4 is 0 Å². The van der Waals surface area contributed by atoms with Crippen LogP contribution in [-0.2, 0) is 16.1 Å². The minimum atomic E-state index is -0.362. The predicted molar refractivity (Wildman–Crippen MR) is 81.8 cm³/mol. The second-order valence-electron chi connectivity index (χ2n) is 6.38. The summed E-state index contributed by atoms with van der Waals surface area (Å²) < 4.78 is 0. The Morgan fingerprint density at radius 1 is 1.18 bits per heavy atom. The summed E-state index contributed by atoms with van der Waals surface area (Å²) in [4.78, 5) is 37.0. The largest absolute Gasteiger partial charge is 0.324 e. The Labute approximate surface area is 132 Å². The molecule has 2 heterocycles. The van der Waals surface area contributed by atoms with E-state index in [0.29, 0.717) is 19.4 Å². The lowest BCUT2D eigenvalue weighted by Gasteiger charge is -2.43. The molecular weight excluding hydrogens is 304 g/mol. The van der Waals surface area contributed by atoms with Crippen molar-refractivity contribution in [2.24, 2.45) is 5.41 Å². The summed E-state index contributed by atoms with van der Waals surface area (Å²) in [6, 6.07) is 3.35. The fraction of sp³-hybridized carbons (Fsp3) is 0.600.